The SMILES string of the molecule is Cn1cc(C(=O)Nc2cc(F)c(CC(=O)N3C[C@@H](N4CCN(CC(F)(F)F)CC4)C[C@H]3CO[C@H]3CC[C@H](C=O)CC3)cc2Cl)c2ccccc21. The molecule has 0 unspecified atom stereocenters. The first-order chi connectivity index (χ1) is 23.9. The summed E-state index contributed by atoms with van der Waals surface area (Å²) in [5.74, 6) is -1.41. The quantitative estimate of drug-likeness (QED) is 0.214. The van der Waals surface area contributed by atoms with Crippen LogP contribution in [0.1, 0.15) is 48.0 Å². The maximum absolute atomic E-state index is 15.5. The summed E-state index contributed by atoms with van der Waals surface area (Å²) in [4.78, 5) is 43.4. The normalized spacial score (nSPS) is 23.8. The van der Waals surface area contributed by atoms with Crippen molar-refractivity contribution < 1.29 is 36.7 Å². The van der Waals surface area contributed by atoms with E-state index in [0.29, 0.717) is 31.6 Å². The molecule has 270 valence electrons. The number of nitrogens with zero attached hydrogens (tertiary/aromatic N) is 4. The highest BCUT2D eigenvalue weighted by Gasteiger charge is 2.40. The van der Waals surface area contributed by atoms with Gasteiger partial charge in [-0.15, -0.1) is 0 Å². The van der Waals surface area contributed by atoms with E-state index in [9.17, 15) is 27.6 Å². The number of aryl methyl sites for hydroxylation is 1. The molecule has 3 heterocycles. The number of anilines is 1. The first-order valence-corrected chi connectivity index (χ1v) is 17.5. The first kappa shape index (κ1) is 36.3. The van der Waals surface area contributed by atoms with Crippen LogP contribution in [0.25, 0.3) is 10.9 Å². The van der Waals surface area contributed by atoms with Crippen molar-refractivity contribution >= 4 is 46.3 Å². The van der Waals surface area contributed by atoms with Gasteiger partial charge >= 0.3 is 6.18 Å². The minimum atomic E-state index is -4.26. The van der Waals surface area contributed by atoms with Gasteiger partial charge in [-0.05, 0) is 55.9 Å². The largest absolute Gasteiger partial charge is 0.401 e. The highest BCUT2D eigenvalue weighted by atomic mass is 35.5. The molecule has 1 saturated carbocycles. The standard InChI is InChI=1S/C36H42ClF4N5O4/c1-43-19-29(28-4-2-3-5-33(28)43)35(49)42-32-17-31(38)24(14-30(32)37)15-34(48)46-18-25(45-12-10-44(11-13-45)22-36(39,40)41)16-26(46)21-50-27-8-6-23(20-47)7-9-27/h2-5,14,17,19-20,23,25-27H,6-13,15-16,18,21-22H2,1H3,(H,42,49)/t23-,25-,26-,27-/m0/s1. The second-order valence-electron chi connectivity index (χ2n) is 13.7. The summed E-state index contributed by atoms with van der Waals surface area (Å²) in [5.41, 5.74) is 1.44. The third-order valence-corrected chi connectivity index (χ3v) is 10.7. The molecule has 3 fully saturated rings. The Morgan fingerprint density at radius 1 is 1.06 bits per heavy atom. The predicted molar refractivity (Wildman–Crippen MR) is 182 cm³/mol. The molecule has 3 aromatic rings. The van der Waals surface area contributed by atoms with Gasteiger partial charge in [0.2, 0.25) is 5.91 Å². The number of piperazine rings is 1. The summed E-state index contributed by atoms with van der Waals surface area (Å²) >= 11 is 6.53. The molecule has 1 aliphatic carbocycles. The van der Waals surface area contributed by atoms with E-state index in [0.717, 1.165) is 48.9 Å². The first-order valence-electron chi connectivity index (χ1n) is 17.1. The predicted octanol–water partition coefficient (Wildman–Crippen LogP) is 5.69. The van der Waals surface area contributed by atoms with E-state index in [1.807, 2.05) is 35.9 Å². The summed E-state index contributed by atoms with van der Waals surface area (Å²) in [6.07, 6.45) is 1.72. The molecule has 2 atom stereocenters. The number of aldehydes is 1. The number of likely N-dealkylation sites (tertiary alicyclic amines) is 1. The zero-order valence-corrected chi connectivity index (χ0v) is 28.7. The van der Waals surface area contributed by atoms with Crippen LogP contribution in [0.5, 0.6) is 0 Å². The number of benzene rings is 2. The van der Waals surface area contributed by atoms with E-state index in [1.54, 1.807) is 11.1 Å². The van der Waals surface area contributed by atoms with Gasteiger partial charge in [-0.2, -0.15) is 13.2 Å². The molecule has 2 saturated heterocycles. The fraction of sp³-hybridized carbons (Fsp3) is 0.528. The number of ether oxygens (including phenoxy) is 1. The van der Waals surface area contributed by atoms with Crippen molar-refractivity contribution in [1.29, 1.82) is 0 Å². The van der Waals surface area contributed by atoms with Gasteiger partial charge in [-0.1, -0.05) is 29.8 Å². The molecular weight excluding hydrogens is 678 g/mol. The van der Waals surface area contributed by atoms with Gasteiger partial charge in [0, 0.05) is 68.8 Å². The lowest BCUT2D eigenvalue weighted by atomic mass is 9.88. The molecule has 2 aromatic carbocycles. The van der Waals surface area contributed by atoms with Gasteiger partial charge in [0.15, 0.2) is 0 Å². The van der Waals surface area contributed by atoms with Gasteiger partial charge in [0.1, 0.15) is 12.1 Å². The Hall–Kier alpha value is -3.52. The van der Waals surface area contributed by atoms with Crippen molar-refractivity contribution in [2.45, 2.75) is 62.9 Å². The fourth-order valence-corrected chi connectivity index (χ4v) is 7.83. The third kappa shape index (κ3) is 8.50. The average Bonchev–Trinajstić information content (AvgIpc) is 3.67. The van der Waals surface area contributed by atoms with E-state index in [2.05, 4.69) is 10.2 Å². The van der Waals surface area contributed by atoms with Crippen LogP contribution >= 0.6 is 11.6 Å². The highest BCUT2D eigenvalue weighted by Crippen LogP contribution is 2.31. The van der Waals surface area contributed by atoms with E-state index in [1.165, 1.54) is 11.0 Å². The number of hydrogen-bond acceptors (Lipinski definition) is 6. The monoisotopic (exact) mass is 719 g/mol. The van der Waals surface area contributed by atoms with Crippen LogP contribution in [0.15, 0.2) is 42.6 Å². The fourth-order valence-electron chi connectivity index (χ4n) is 7.59. The molecule has 1 N–H and O–H groups in total. The summed E-state index contributed by atoms with van der Waals surface area (Å²) < 4.78 is 62.5. The van der Waals surface area contributed by atoms with Gasteiger partial charge in [0.25, 0.3) is 5.91 Å². The number of carbonyl (C=O) groups excluding carboxylic acids is 3. The van der Waals surface area contributed by atoms with Crippen molar-refractivity contribution in [3.05, 3.63) is 64.6 Å². The molecule has 1 aromatic heterocycles. The van der Waals surface area contributed by atoms with Crippen LogP contribution in [0.3, 0.4) is 0 Å². The van der Waals surface area contributed by atoms with Crippen LogP contribution in [0.4, 0.5) is 23.2 Å². The second kappa shape index (κ2) is 15.4. The van der Waals surface area contributed by atoms with Crippen molar-refractivity contribution in [2.75, 3.05) is 51.2 Å². The van der Waals surface area contributed by atoms with Gasteiger partial charge in [0.05, 0.1) is 48.0 Å². The Morgan fingerprint density at radius 2 is 1.78 bits per heavy atom. The number of nitrogens with one attached hydrogen (secondary N) is 1. The van der Waals surface area contributed by atoms with Crippen molar-refractivity contribution in [3.63, 3.8) is 0 Å². The number of rotatable bonds is 10. The lowest BCUT2D eigenvalue weighted by Gasteiger charge is -2.38. The minimum Gasteiger partial charge on any atom is -0.376 e. The molecule has 6 rings (SSSR count). The zero-order chi connectivity index (χ0) is 35.6. The average molecular weight is 720 g/mol. The topological polar surface area (TPSA) is 87.1 Å². The molecule has 3 aliphatic rings. The van der Waals surface area contributed by atoms with Gasteiger partial charge in [-0.3, -0.25) is 19.4 Å². The minimum absolute atomic E-state index is 0.0269. The van der Waals surface area contributed by atoms with Crippen LogP contribution in [-0.2, 0) is 27.8 Å². The zero-order valence-electron chi connectivity index (χ0n) is 27.9. The number of hydrogen-bond donors (Lipinski definition) is 1. The Bertz CT molecular complexity index is 1700. The molecule has 0 spiro atoms. The molecule has 0 radical (unpaired) electrons. The Balaban J connectivity index is 1.12. The lowest BCUT2D eigenvalue weighted by Crippen LogP contribution is -2.52. The number of alkyl halides is 3. The van der Waals surface area contributed by atoms with Crippen molar-refractivity contribution in [2.24, 2.45) is 13.0 Å². The Morgan fingerprint density at radius 3 is 2.48 bits per heavy atom. The van der Waals surface area contributed by atoms with Gasteiger partial charge in [-0.25, -0.2) is 4.39 Å². The number of fused-ring (bicyclic) bond motifs is 1. The van der Waals surface area contributed by atoms with E-state index < -0.39 is 24.4 Å². The molecule has 2 aliphatic heterocycles. The molecule has 50 heavy (non-hydrogen) atoms. The van der Waals surface area contributed by atoms with Crippen LogP contribution in [0.2, 0.25) is 5.02 Å². The number of para-hydroxylation sites is 1. The maximum atomic E-state index is 15.5. The third-order valence-electron chi connectivity index (χ3n) is 10.3. The maximum Gasteiger partial charge on any atom is 0.401 e. The number of carbonyl (C=O) groups is 3. The second-order valence-corrected chi connectivity index (χ2v) is 14.2. The summed E-state index contributed by atoms with van der Waals surface area (Å²) in [7, 11) is 1.83. The van der Waals surface area contributed by atoms with E-state index in [-0.39, 0.29) is 72.4 Å². The summed E-state index contributed by atoms with van der Waals surface area (Å²) in [5, 5.41) is 3.53. The Labute approximate surface area is 293 Å². The summed E-state index contributed by atoms with van der Waals surface area (Å²) in [6, 6.07) is 9.52. The molecule has 0 bridgehead atoms. The van der Waals surface area contributed by atoms with Crippen LogP contribution < -0.4 is 5.32 Å². The van der Waals surface area contributed by atoms with E-state index >= 15 is 4.39 Å². The Kier molecular flexibility index (Phi) is 11.2. The summed E-state index contributed by atoms with van der Waals surface area (Å²) in [6.45, 7) is 1.12. The van der Waals surface area contributed by atoms with Crippen LogP contribution in [-0.4, -0.2) is 108 Å². The molecule has 14 heteroatoms. The number of halogens is 5. The number of amides is 2. The molecule has 2 amide bonds. The highest BCUT2D eigenvalue weighted by molar-refractivity contribution is 6.34. The smallest absolute Gasteiger partial charge is 0.376 e. The lowest BCUT2D eigenvalue weighted by molar-refractivity contribution is -0.150. The van der Waals surface area contributed by atoms with E-state index in [4.69, 9.17) is 16.3 Å². The van der Waals surface area contributed by atoms with Crippen molar-refractivity contribution in [3.8, 4) is 0 Å². The van der Waals surface area contributed by atoms with Gasteiger partial charge < -0.3 is 24.3 Å². The van der Waals surface area contributed by atoms with Crippen molar-refractivity contribution in [1.82, 2.24) is 19.3 Å². The number of aromatic nitrogens is 1. The van der Waals surface area contributed by atoms with Crippen LogP contribution in [0, 0.1) is 11.7 Å². The molecular formula is C36H42ClF4N5O4. The molecule has 9 nitrogen and oxygen atoms in total.